The third kappa shape index (κ3) is 4.09. The van der Waals surface area contributed by atoms with Gasteiger partial charge in [0.25, 0.3) is 0 Å². The zero-order valence-corrected chi connectivity index (χ0v) is 13.1. The molecule has 1 fully saturated rings. The lowest BCUT2D eigenvalue weighted by Gasteiger charge is -2.30. The molecular weight excluding hydrogens is 299 g/mol. The molecule has 112 valence electrons. The Balaban J connectivity index is 0.00000200. The summed E-state index contributed by atoms with van der Waals surface area (Å²) < 4.78 is 5.50. The molecule has 2 rings (SSSR count). The van der Waals surface area contributed by atoms with Crippen LogP contribution < -0.4 is 10.6 Å². The topological polar surface area (TPSA) is 50.4 Å². The predicted molar refractivity (Wildman–Crippen MR) is 82.4 cm³/mol. The van der Waals surface area contributed by atoms with Crippen LogP contribution in [0.4, 0.5) is 0 Å². The zero-order valence-electron chi connectivity index (χ0n) is 11.6. The standard InChI is InChI=1S/C14H19ClN2O2.ClH/c1-9(17-14(18)11-7-16-8-11)13(19-2)10-3-5-12(15)6-4-10;/h3-6,9,11,13,16H,7-8H2,1-2H3,(H,17,18);1H. The molecule has 0 saturated carbocycles. The minimum absolute atomic E-state index is 0. The van der Waals surface area contributed by atoms with E-state index in [9.17, 15) is 4.79 Å². The molecule has 4 nitrogen and oxygen atoms in total. The number of methoxy groups -OCH3 is 1. The van der Waals surface area contributed by atoms with Gasteiger partial charge in [0.05, 0.1) is 12.0 Å². The van der Waals surface area contributed by atoms with Gasteiger partial charge in [-0.05, 0) is 24.6 Å². The van der Waals surface area contributed by atoms with Crippen LogP contribution in [0.3, 0.4) is 0 Å². The lowest BCUT2D eigenvalue weighted by atomic mass is 9.99. The van der Waals surface area contributed by atoms with Crippen LogP contribution in [-0.2, 0) is 9.53 Å². The molecule has 2 unspecified atom stereocenters. The van der Waals surface area contributed by atoms with Crippen molar-refractivity contribution in [1.82, 2.24) is 10.6 Å². The molecule has 20 heavy (non-hydrogen) atoms. The third-order valence-corrected chi connectivity index (χ3v) is 3.68. The van der Waals surface area contributed by atoms with E-state index < -0.39 is 0 Å². The monoisotopic (exact) mass is 318 g/mol. The van der Waals surface area contributed by atoms with E-state index in [0.29, 0.717) is 5.02 Å². The van der Waals surface area contributed by atoms with E-state index in [0.717, 1.165) is 18.7 Å². The largest absolute Gasteiger partial charge is 0.375 e. The van der Waals surface area contributed by atoms with Gasteiger partial charge in [0.1, 0.15) is 6.10 Å². The van der Waals surface area contributed by atoms with Gasteiger partial charge in [-0.15, -0.1) is 12.4 Å². The maximum atomic E-state index is 11.9. The van der Waals surface area contributed by atoms with Gasteiger partial charge < -0.3 is 15.4 Å². The van der Waals surface area contributed by atoms with Crippen molar-refractivity contribution in [3.63, 3.8) is 0 Å². The summed E-state index contributed by atoms with van der Waals surface area (Å²) in [7, 11) is 1.65. The van der Waals surface area contributed by atoms with Crippen molar-refractivity contribution in [3.05, 3.63) is 34.9 Å². The lowest BCUT2D eigenvalue weighted by Crippen LogP contribution is -2.53. The Morgan fingerprint density at radius 1 is 1.40 bits per heavy atom. The van der Waals surface area contributed by atoms with Crippen molar-refractivity contribution in [2.75, 3.05) is 20.2 Å². The number of nitrogens with one attached hydrogen (secondary N) is 2. The number of hydrogen-bond acceptors (Lipinski definition) is 3. The second kappa shape index (κ2) is 7.84. The smallest absolute Gasteiger partial charge is 0.225 e. The Morgan fingerprint density at radius 2 is 2.00 bits per heavy atom. The average molecular weight is 319 g/mol. The average Bonchev–Trinajstić information content (AvgIpc) is 2.30. The van der Waals surface area contributed by atoms with Gasteiger partial charge in [-0.25, -0.2) is 0 Å². The van der Waals surface area contributed by atoms with Crippen LogP contribution in [0.15, 0.2) is 24.3 Å². The van der Waals surface area contributed by atoms with E-state index >= 15 is 0 Å². The zero-order chi connectivity index (χ0) is 13.8. The number of hydrogen-bond donors (Lipinski definition) is 2. The second-order valence-electron chi connectivity index (χ2n) is 4.86. The van der Waals surface area contributed by atoms with Gasteiger partial charge in [-0.3, -0.25) is 4.79 Å². The second-order valence-corrected chi connectivity index (χ2v) is 5.30. The van der Waals surface area contributed by atoms with Crippen molar-refractivity contribution in [2.45, 2.75) is 19.1 Å². The van der Waals surface area contributed by atoms with E-state index in [4.69, 9.17) is 16.3 Å². The minimum Gasteiger partial charge on any atom is -0.375 e. The van der Waals surface area contributed by atoms with Crippen LogP contribution >= 0.6 is 24.0 Å². The molecule has 1 aromatic carbocycles. The molecule has 1 aromatic rings. The third-order valence-electron chi connectivity index (χ3n) is 3.43. The SMILES string of the molecule is COC(c1ccc(Cl)cc1)C(C)NC(=O)C1CNC1.Cl. The highest BCUT2D eigenvalue weighted by molar-refractivity contribution is 6.30. The first-order valence-corrected chi connectivity index (χ1v) is 6.79. The molecule has 1 aliphatic rings. The first-order valence-electron chi connectivity index (χ1n) is 6.41. The summed E-state index contributed by atoms with van der Waals surface area (Å²) >= 11 is 5.87. The molecular formula is C14H20Cl2N2O2. The molecule has 1 saturated heterocycles. The molecule has 1 heterocycles. The maximum absolute atomic E-state index is 11.9. The summed E-state index contributed by atoms with van der Waals surface area (Å²) in [5.41, 5.74) is 1.01. The molecule has 0 bridgehead atoms. The Kier molecular flexibility index (Phi) is 6.76. The molecule has 6 heteroatoms. The van der Waals surface area contributed by atoms with Crippen LogP contribution in [0.5, 0.6) is 0 Å². The fourth-order valence-corrected chi connectivity index (χ4v) is 2.30. The first-order chi connectivity index (χ1) is 9.11. The summed E-state index contributed by atoms with van der Waals surface area (Å²) in [6.45, 7) is 3.47. The summed E-state index contributed by atoms with van der Waals surface area (Å²) in [6.07, 6.45) is -0.172. The highest BCUT2D eigenvalue weighted by Gasteiger charge is 2.28. The molecule has 1 aliphatic heterocycles. The van der Waals surface area contributed by atoms with Gasteiger partial charge in [0, 0.05) is 25.2 Å². The van der Waals surface area contributed by atoms with Crippen molar-refractivity contribution in [1.29, 1.82) is 0 Å². The van der Waals surface area contributed by atoms with Gasteiger partial charge >= 0.3 is 0 Å². The van der Waals surface area contributed by atoms with E-state index in [1.54, 1.807) is 7.11 Å². The number of carbonyl (C=O) groups is 1. The fraction of sp³-hybridized carbons (Fsp3) is 0.500. The number of rotatable bonds is 5. The number of benzene rings is 1. The van der Waals surface area contributed by atoms with Crippen LogP contribution in [0, 0.1) is 5.92 Å². The molecule has 0 radical (unpaired) electrons. The summed E-state index contributed by atoms with van der Waals surface area (Å²) in [4.78, 5) is 11.9. The quantitative estimate of drug-likeness (QED) is 0.874. The normalized spacial score (nSPS) is 17.6. The van der Waals surface area contributed by atoms with Gasteiger partial charge in [-0.2, -0.15) is 0 Å². The number of amides is 1. The predicted octanol–water partition coefficient (Wildman–Crippen LogP) is 2.17. The maximum Gasteiger partial charge on any atom is 0.225 e. The van der Waals surface area contributed by atoms with E-state index in [2.05, 4.69) is 10.6 Å². The Labute approximate surface area is 130 Å². The van der Waals surface area contributed by atoms with Gasteiger partial charge in [0.15, 0.2) is 0 Å². The highest BCUT2D eigenvalue weighted by atomic mass is 35.5. The Morgan fingerprint density at radius 3 is 2.45 bits per heavy atom. The van der Waals surface area contributed by atoms with Crippen molar-refractivity contribution in [2.24, 2.45) is 5.92 Å². The fourth-order valence-electron chi connectivity index (χ4n) is 2.17. The summed E-state index contributed by atoms with van der Waals surface area (Å²) in [5, 5.41) is 6.79. The first kappa shape index (κ1) is 17.2. The molecule has 0 aliphatic carbocycles. The molecule has 0 aromatic heterocycles. The van der Waals surface area contributed by atoms with Gasteiger partial charge in [-0.1, -0.05) is 23.7 Å². The van der Waals surface area contributed by atoms with E-state index in [1.165, 1.54) is 0 Å². The molecule has 1 amide bonds. The summed E-state index contributed by atoms with van der Waals surface area (Å²) in [5.74, 6) is 0.174. The Hall–Kier alpha value is -0.810. The van der Waals surface area contributed by atoms with Crippen LogP contribution in [0.1, 0.15) is 18.6 Å². The van der Waals surface area contributed by atoms with Crippen molar-refractivity contribution in [3.8, 4) is 0 Å². The van der Waals surface area contributed by atoms with Crippen LogP contribution in [0.2, 0.25) is 5.02 Å². The van der Waals surface area contributed by atoms with Crippen LogP contribution in [-0.4, -0.2) is 32.1 Å². The highest BCUT2D eigenvalue weighted by Crippen LogP contribution is 2.22. The number of ether oxygens (including phenoxy) is 1. The van der Waals surface area contributed by atoms with Gasteiger partial charge in [0.2, 0.25) is 5.91 Å². The molecule has 2 N–H and O–H groups in total. The van der Waals surface area contributed by atoms with E-state index in [1.807, 2.05) is 31.2 Å². The van der Waals surface area contributed by atoms with Crippen LogP contribution in [0.25, 0.3) is 0 Å². The number of carbonyl (C=O) groups excluding carboxylic acids is 1. The summed E-state index contributed by atoms with van der Waals surface area (Å²) in [6, 6.07) is 7.41. The minimum atomic E-state index is -0.172. The van der Waals surface area contributed by atoms with Crippen molar-refractivity contribution < 1.29 is 9.53 Å². The molecule has 0 spiro atoms. The number of halogens is 2. The van der Waals surface area contributed by atoms with E-state index in [-0.39, 0.29) is 36.4 Å². The lowest BCUT2D eigenvalue weighted by molar-refractivity contribution is -0.128. The molecule has 2 atom stereocenters. The van der Waals surface area contributed by atoms with Crippen molar-refractivity contribution >= 4 is 29.9 Å². The Bertz CT molecular complexity index is 435.